The van der Waals surface area contributed by atoms with Gasteiger partial charge in [-0.05, 0) is 36.2 Å². The molecule has 106 valence electrons. The fourth-order valence-corrected chi connectivity index (χ4v) is 2.29. The molecule has 0 spiro atoms. The van der Waals surface area contributed by atoms with Crippen molar-refractivity contribution in [3.63, 3.8) is 0 Å². The van der Waals surface area contributed by atoms with E-state index < -0.39 is 0 Å². The van der Waals surface area contributed by atoms with E-state index in [0.29, 0.717) is 18.9 Å². The molecular formula is C15H13ClN4O. The van der Waals surface area contributed by atoms with E-state index in [1.54, 1.807) is 6.20 Å². The minimum atomic E-state index is 0.141. The van der Waals surface area contributed by atoms with E-state index in [0.717, 1.165) is 16.5 Å². The lowest BCUT2D eigenvalue weighted by Crippen LogP contribution is -2.04. The van der Waals surface area contributed by atoms with E-state index in [9.17, 15) is 0 Å². The summed E-state index contributed by atoms with van der Waals surface area (Å²) in [5.74, 6) is 0.579. The maximum absolute atomic E-state index is 5.92. The molecule has 21 heavy (non-hydrogen) atoms. The summed E-state index contributed by atoms with van der Waals surface area (Å²) in [4.78, 5) is 16.7. The maximum atomic E-state index is 5.92. The number of para-hydroxylation sites is 1. The monoisotopic (exact) mass is 300 g/mol. The molecule has 0 saturated heterocycles. The van der Waals surface area contributed by atoms with Crippen LogP contribution in [0.3, 0.4) is 0 Å². The fourth-order valence-electron chi connectivity index (χ4n) is 2.12. The molecule has 0 unspecified atom stereocenters. The molecule has 3 aromatic rings. The van der Waals surface area contributed by atoms with Crippen LogP contribution in [-0.4, -0.2) is 26.5 Å². The Morgan fingerprint density at radius 1 is 1.10 bits per heavy atom. The zero-order valence-corrected chi connectivity index (χ0v) is 12.2. The van der Waals surface area contributed by atoms with Crippen LogP contribution in [0.25, 0.3) is 10.9 Å². The number of fused-ring (bicyclic) bond motifs is 1. The summed E-state index contributed by atoms with van der Waals surface area (Å²) < 4.78 is 5.29. The van der Waals surface area contributed by atoms with Crippen LogP contribution in [0.4, 0.5) is 0 Å². The molecule has 5 nitrogen and oxygen atoms in total. The Labute approximate surface area is 127 Å². The van der Waals surface area contributed by atoms with Crippen LogP contribution < -0.4 is 4.74 Å². The van der Waals surface area contributed by atoms with Gasteiger partial charge in [0.15, 0.2) is 0 Å². The van der Waals surface area contributed by atoms with Crippen molar-refractivity contribution >= 4 is 22.5 Å². The Hall–Kier alpha value is -2.27. The number of benzene rings is 1. The zero-order valence-electron chi connectivity index (χ0n) is 11.5. The first kappa shape index (κ1) is 13.7. The van der Waals surface area contributed by atoms with Gasteiger partial charge in [-0.25, -0.2) is 4.98 Å². The summed E-state index contributed by atoms with van der Waals surface area (Å²) in [5.41, 5.74) is 2.03. The van der Waals surface area contributed by atoms with Gasteiger partial charge in [0, 0.05) is 18.0 Å². The molecule has 2 aromatic heterocycles. The van der Waals surface area contributed by atoms with Crippen molar-refractivity contribution in [2.45, 2.75) is 13.3 Å². The van der Waals surface area contributed by atoms with Crippen LogP contribution >= 0.6 is 11.6 Å². The molecule has 0 aliphatic rings. The number of aromatic nitrogens is 4. The minimum absolute atomic E-state index is 0.141. The molecule has 0 aliphatic heterocycles. The van der Waals surface area contributed by atoms with E-state index in [1.165, 1.54) is 0 Å². The van der Waals surface area contributed by atoms with Gasteiger partial charge in [0.2, 0.25) is 5.28 Å². The summed E-state index contributed by atoms with van der Waals surface area (Å²) in [6.07, 6.45) is 2.33. The van der Waals surface area contributed by atoms with Crippen molar-refractivity contribution in [3.8, 4) is 6.01 Å². The normalized spacial score (nSPS) is 10.8. The number of nitrogens with zero attached hydrogens (tertiary/aromatic N) is 4. The second-order valence-electron chi connectivity index (χ2n) is 4.40. The highest BCUT2D eigenvalue weighted by Crippen LogP contribution is 2.19. The average molecular weight is 301 g/mol. The van der Waals surface area contributed by atoms with E-state index >= 15 is 0 Å². The van der Waals surface area contributed by atoms with Gasteiger partial charge < -0.3 is 4.74 Å². The van der Waals surface area contributed by atoms with Crippen LogP contribution in [0, 0.1) is 0 Å². The number of hydrogen-bond donors (Lipinski definition) is 0. The van der Waals surface area contributed by atoms with Gasteiger partial charge in [-0.1, -0.05) is 18.2 Å². The third-order valence-corrected chi connectivity index (χ3v) is 3.16. The second kappa shape index (κ2) is 6.01. The average Bonchev–Trinajstić information content (AvgIpc) is 2.47. The third-order valence-electron chi connectivity index (χ3n) is 3.00. The Morgan fingerprint density at radius 2 is 1.95 bits per heavy atom. The summed E-state index contributed by atoms with van der Waals surface area (Å²) in [6.45, 7) is 2.35. The van der Waals surface area contributed by atoms with Gasteiger partial charge in [-0.3, -0.25) is 4.98 Å². The topological polar surface area (TPSA) is 60.8 Å². The molecule has 0 bridgehead atoms. The van der Waals surface area contributed by atoms with Gasteiger partial charge >= 0.3 is 6.01 Å². The first-order chi connectivity index (χ1) is 10.3. The number of hydrogen-bond acceptors (Lipinski definition) is 5. The molecular weight excluding hydrogens is 288 g/mol. The summed E-state index contributed by atoms with van der Waals surface area (Å²) in [7, 11) is 0. The van der Waals surface area contributed by atoms with Crippen molar-refractivity contribution < 1.29 is 4.74 Å². The highest BCUT2D eigenvalue weighted by atomic mass is 35.5. The van der Waals surface area contributed by atoms with Crippen LogP contribution in [0.2, 0.25) is 5.28 Å². The zero-order chi connectivity index (χ0) is 14.7. The van der Waals surface area contributed by atoms with E-state index in [1.807, 2.05) is 37.3 Å². The summed E-state index contributed by atoms with van der Waals surface area (Å²) in [5, 5.41) is 1.22. The Kier molecular flexibility index (Phi) is 3.92. The first-order valence-electron chi connectivity index (χ1n) is 6.62. The van der Waals surface area contributed by atoms with E-state index in [2.05, 4.69) is 19.9 Å². The Balaban J connectivity index is 1.98. The van der Waals surface area contributed by atoms with Crippen molar-refractivity contribution in [1.29, 1.82) is 0 Å². The van der Waals surface area contributed by atoms with E-state index in [-0.39, 0.29) is 11.3 Å². The largest absolute Gasteiger partial charge is 0.464 e. The maximum Gasteiger partial charge on any atom is 0.320 e. The predicted molar refractivity (Wildman–Crippen MR) is 80.6 cm³/mol. The lowest BCUT2D eigenvalue weighted by Gasteiger charge is -2.07. The molecule has 0 atom stereocenters. The van der Waals surface area contributed by atoms with Crippen molar-refractivity contribution in [2.75, 3.05) is 6.61 Å². The van der Waals surface area contributed by atoms with Crippen LogP contribution in [0.1, 0.15) is 18.3 Å². The van der Waals surface area contributed by atoms with Crippen molar-refractivity contribution in [2.24, 2.45) is 0 Å². The van der Waals surface area contributed by atoms with E-state index in [4.69, 9.17) is 16.3 Å². The molecule has 6 heteroatoms. The van der Waals surface area contributed by atoms with Crippen LogP contribution in [-0.2, 0) is 6.42 Å². The fraction of sp³-hybridized carbons (Fsp3) is 0.200. The summed E-state index contributed by atoms with van der Waals surface area (Å²) in [6, 6.07) is 10.2. The van der Waals surface area contributed by atoms with Crippen molar-refractivity contribution in [1.82, 2.24) is 19.9 Å². The lowest BCUT2D eigenvalue weighted by atomic mass is 10.1. The molecule has 0 amide bonds. The lowest BCUT2D eigenvalue weighted by molar-refractivity contribution is 0.310. The van der Waals surface area contributed by atoms with Gasteiger partial charge in [0.25, 0.3) is 0 Å². The Morgan fingerprint density at radius 3 is 2.81 bits per heavy atom. The Bertz CT molecular complexity index is 773. The van der Waals surface area contributed by atoms with Crippen LogP contribution in [0.5, 0.6) is 6.01 Å². The second-order valence-corrected chi connectivity index (χ2v) is 4.74. The molecule has 0 fully saturated rings. The van der Waals surface area contributed by atoms with Gasteiger partial charge in [0.05, 0.1) is 12.1 Å². The summed E-state index contributed by atoms with van der Waals surface area (Å²) >= 11 is 5.92. The minimum Gasteiger partial charge on any atom is -0.464 e. The molecule has 0 radical (unpaired) electrons. The third kappa shape index (κ3) is 3.08. The smallest absolute Gasteiger partial charge is 0.320 e. The number of rotatable bonds is 4. The molecule has 0 aliphatic carbocycles. The van der Waals surface area contributed by atoms with Crippen molar-refractivity contribution in [3.05, 3.63) is 53.2 Å². The number of halogens is 1. The highest BCUT2D eigenvalue weighted by molar-refractivity contribution is 6.28. The predicted octanol–water partition coefficient (Wildman–Crippen LogP) is 3.06. The van der Waals surface area contributed by atoms with Crippen LogP contribution in [0.15, 0.2) is 36.5 Å². The molecule has 2 heterocycles. The van der Waals surface area contributed by atoms with Gasteiger partial charge in [-0.2, -0.15) is 9.97 Å². The first-order valence-corrected chi connectivity index (χ1v) is 7.00. The molecule has 0 saturated carbocycles. The number of pyridine rings is 1. The molecule has 1 aromatic carbocycles. The highest BCUT2D eigenvalue weighted by Gasteiger charge is 2.09. The molecule has 0 N–H and O–H groups in total. The SMILES string of the molecule is CCOc1nc(Cl)nc(Cc2ccnc3ccccc23)n1. The van der Waals surface area contributed by atoms with Gasteiger partial charge in [0.1, 0.15) is 5.82 Å². The standard InChI is InChI=1S/C15H13ClN4O/c1-2-21-15-19-13(18-14(16)20-15)9-10-7-8-17-12-6-4-3-5-11(10)12/h3-8H,2,9H2,1H3. The number of ether oxygens (including phenoxy) is 1. The molecule has 3 rings (SSSR count). The quantitative estimate of drug-likeness (QED) is 0.741. The van der Waals surface area contributed by atoms with Gasteiger partial charge in [-0.15, -0.1) is 0 Å².